The van der Waals surface area contributed by atoms with Gasteiger partial charge in [0.15, 0.2) is 0 Å². The lowest BCUT2D eigenvalue weighted by Gasteiger charge is -2.38. The van der Waals surface area contributed by atoms with Crippen LogP contribution >= 0.6 is 0 Å². The number of aryl methyl sites for hydroxylation is 2. The van der Waals surface area contributed by atoms with Crippen LogP contribution in [0.3, 0.4) is 0 Å². The minimum atomic E-state index is -0.247. The molecule has 204 valence electrons. The first-order valence-corrected chi connectivity index (χ1v) is 13.6. The number of carbonyl (C=O) groups is 2. The van der Waals surface area contributed by atoms with Crippen LogP contribution in [-0.4, -0.2) is 51.2 Å². The van der Waals surface area contributed by atoms with Gasteiger partial charge >= 0.3 is 0 Å². The van der Waals surface area contributed by atoms with E-state index in [-0.39, 0.29) is 17.9 Å². The van der Waals surface area contributed by atoms with Crippen LogP contribution in [0.5, 0.6) is 17.2 Å². The molecule has 0 spiro atoms. The highest BCUT2D eigenvalue weighted by molar-refractivity contribution is 5.94. The van der Waals surface area contributed by atoms with Crippen LogP contribution in [0.4, 0.5) is 0 Å². The van der Waals surface area contributed by atoms with Crippen LogP contribution < -0.4 is 14.8 Å². The van der Waals surface area contributed by atoms with Crippen molar-refractivity contribution >= 4 is 11.8 Å². The van der Waals surface area contributed by atoms with Crippen molar-refractivity contribution in [2.75, 3.05) is 19.7 Å². The summed E-state index contributed by atoms with van der Waals surface area (Å²) in [6, 6.07) is 17.3. The monoisotopic (exact) mass is 537 g/mol. The lowest BCUT2D eigenvalue weighted by molar-refractivity contribution is -0.133. The second kappa shape index (κ2) is 11.2. The number of nitrogens with zero attached hydrogens (tertiary/aromatic N) is 4. The predicted octanol–water partition coefficient (Wildman–Crippen LogP) is 4.23. The van der Waals surface area contributed by atoms with Crippen molar-refractivity contribution in [3.8, 4) is 17.2 Å². The molecule has 40 heavy (non-hydrogen) atoms. The number of carbonyl (C=O) groups excluding carboxylic acids is 2. The van der Waals surface area contributed by atoms with E-state index < -0.39 is 0 Å². The van der Waals surface area contributed by atoms with Crippen LogP contribution in [0, 0.1) is 0 Å². The molecule has 1 atom stereocenters. The van der Waals surface area contributed by atoms with Crippen molar-refractivity contribution in [2.24, 2.45) is 7.05 Å². The van der Waals surface area contributed by atoms with Gasteiger partial charge in [-0.3, -0.25) is 19.3 Å². The van der Waals surface area contributed by atoms with E-state index in [1.165, 1.54) is 6.20 Å². The summed E-state index contributed by atoms with van der Waals surface area (Å²) >= 11 is 0. The Labute approximate surface area is 232 Å². The minimum Gasteiger partial charge on any atom is -0.494 e. The lowest BCUT2D eigenvalue weighted by atomic mass is 9.87. The molecule has 0 saturated carbocycles. The maximum atomic E-state index is 13.7. The summed E-state index contributed by atoms with van der Waals surface area (Å²) in [6.07, 6.45) is 7.26. The fourth-order valence-corrected chi connectivity index (χ4v) is 5.40. The van der Waals surface area contributed by atoms with E-state index in [1.54, 1.807) is 18.5 Å². The Morgan fingerprint density at radius 3 is 2.88 bits per heavy atom. The molecule has 0 saturated heterocycles. The first kappa shape index (κ1) is 25.6. The van der Waals surface area contributed by atoms with Crippen LogP contribution in [0.2, 0.25) is 0 Å². The molecule has 2 amide bonds. The van der Waals surface area contributed by atoms with Gasteiger partial charge in [0, 0.05) is 44.6 Å². The molecule has 2 aromatic carbocycles. The number of rotatable bonds is 3. The number of pyridine rings is 1. The molecule has 9 heteroatoms. The highest BCUT2D eigenvalue weighted by Crippen LogP contribution is 2.39. The molecule has 0 fully saturated rings. The van der Waals surface area contributed by atoms with Gasteiger partial charge in [0.05, 0.1) is 24.4 Å². The van der Waals surface area contributed by atoms with Gasteiger partial charge in [0.1, 0.15) is 17.2 Å². The largest absolute Gasteiger partial charge is 0.494 e. The Kier molecular flexibility index (Phi) is 7.18. The Morgan fingerprint density at radius 2 is 2.00 bits per heavy atom. The summed E-state index contributed by atoms with van der Waals surface area (Å²) in [6.45, 7) is 1.51. The van der Waals surface area contributed by atoms with E-state index >= 15 is 0 Å². The molecule has 0 aliphatic carbocycles. The summed E-state index contributed by atoms with van der Waals surface area (Å²) in [4.78, 5) is 32.5. The number of ether oxygens (including phenoxy) is 2. The second-order valence-electron chi connectivity index (χ2n) is 10.1. The Balaban J connectivity index is 1.36. The Bertz CT molecular complexity index is 1550. The van der Waals surface area contributed by atoms with Crippen LogP contribution in [0.25, 0.3) is 0 Å². The van der Waals surface area contributed by atoms with Crippen LogP contribution in [-0.2, 0) is 24.7 Å². The quantitative estimate of drug-likeness (QED) is 0.420. The summed E-state index contributed by atoms with van der Waals surface area (Å²) in [5, 5.41) is 7.14. The third-order valence-corrected chi connectivity index (χ3v) is 7.44. The highest BCUT2D eigenvalue weighted by atomic mass is 16.5. The van der Waals surface area contributed by atoms with E-state index in [4.69, 9.17) is 9.47 Å². The molecule has 7 rings (SSSR count). The smallest absolute Gasteiger partial charge is 0.252 e. The Morgan fingerprint density at radius 1 is 1.07 bits per heavy atom. The molecule has 8 bridgehead atoms. The molecule has 9 nitrogen and oxygen atoms in total. The summed E-state index contributed by atoms with van der Waals surface area (Å²) in [7, 11) is 1.90. The number of aromatic nitrogens is 3. The van der Waals surface area contributed by atoms with Crippen molar-refractivity contribution in [1.29, 1.82) is 0 Å². The van der Waals surface area contributed by atoms with Crippen LogP contribution in [0.15, 0.2) is 73.2 Å². The summed E-state index contributed by atoms with van der Waals surface area (Å²) < 4.78 is 14.0. The van der Waals surface area contributed by atoms with Gasteiger partial charge in [-0.2, -0.15) is 5.10 Å². The fourth-order valence-electron chi connectivity index (χ4n) is 5.40. The number of hydrogen-bond acceptors (Lipinski definition) is 6. The van der Waals surface area contributed by atoms with Gasteiger partial charge in [0.25, 0.3) is 5.91 Å². The topological polar surface area (TPSA) is 98.6 Å². The highest BCUT2D eigenvalue weighted by Gasteiger charge is 2.32. The van der Waals surface area contributed by atoms with Crippen molar-refractivity contribution < 1.29 is 19.1 Å². The fraction of sp³-hybridized carbons (Fsp3) is 0.290. The van der Waals surface area contributed by atoms with Gasteiger partial charge in [-0.1, -0.05) is 18.2 Å². The van der Waals surface area contributed by atoms with E-state index in [2.05, 4.69) is 15.4 Å². The third kappa shape index (κ3) is 5.40. The maximum Gasteiger partial charge on any atom is 0.252 e. The normalized spacial score (nSPS) is 16.8. The minimum absolute atomic E-state index is 0.101. The van der Waals surface area contributed by atoms with Crippen molar-refractivity contribution in [1.82, 2.24) is 25.0 Å². The van der Waals surface area contributed by atoms with Crippen molar-refractivity contribution in [2.45, 2.75) is 31.7 Å². The number of amides is 2. The molecule has 1 N–H and O–H groups in total. The SMILES string of the molecule is Cn1nccc1CCC(=O)N1CCc2cc3ccc2C1c1cccc(c1)OCCCNC(=O)c1cncc(c1)O3. The van der Waals surface area contributed by atoms with Gasteiger partial charge < -0.3 is 19.7 Å². The number of hydrogen-bond donors (Lipinski definition) is 1. The van der Waals surface area contributed by atoms with Gasteiger partial charge in [-0.15, -0.1) is 0 Å². The Hall–Kier alpha value is -4.66. The summed E-state index contributed by atoms with van der Waals surface area (Å²) in [5.74, 6) is 1.78. The molecule has 5 heterocycles. The molecule has 4 aromatic rings. The van der Waals surface area contributed by atoms with Crippen molar-refractivity contribution in [3.63, 3.8) is 0 Å². The zero-order chi connectivity index (χ0) is 27.5. The third-order valence-electron chi connectivity index (χ3n) is 7.44. The lowest BCUT2D eigenvalue weighted by Crippen LogP contribution is -2.40. The van der Waals surface area contributed by atoms with E-state index in [0.717, 1.165) is 28.1 Å². The van der Waals surface area contributed by atoms with Gasteiger partial charge in [0.2, 0.25) is 5.91 Å². The van der Waals surface area contributed by atoms with E-state index in [1.807, 2.05) is 65.2 Å². The van der Waals surface area contributed by atoms with E-state index in [9.17, 15) is 9.59 Å². The maximum absolute atomic E-state index is 13.7. The molecule has 1 unspecified atom stereocenters. The standard InChI is InChI=1S/C31H31N5O4/c1-35-24(10-13-34-35)6-9-29(37)36-14-11-21-16-26-7-8-28(21)30(36)22-4-2-5-25(17-22)39-15-3-12-33-31(38)23-18-27(40-26)20-32-19-23/h2,4-5,7-8,10,13,16-20,30H,3,6,9,11-12,14-15H2,1H3,(H,33,38). The molecule has 2 aromatic heterocycles. The second-order valence-corrected chi connectivity index (χ2v) is 10.1. The molecule has 3 aliphatic rings. The predicted molar refractivity (Wildman–Crippen MR) is 148 cm³/mol. The number of nitrogens with one attached hydrogen (secondary N) is 1. The molecular weight excluding hydrogens is 506 g/mol. The average molecular weight is 538 g/mol. The van der Waals surface area contributed by atoms with Gasteiger partial charge in [-0.05, 0) is 72.4 Å². The number of benzene rings is 2. The number of fused-ring (bicyclic) bond motifs is 6. The first-order valence-electron chi connectivity index (χ1n) is 13.6. The van der Waals surface area contributed by atoms with Crippen LogP contribution in [0.1, 0.15) is 51.6 Å². The zero-order valence-electron chi connectivity index (χ0n) is 22.4. The van der Waals surface area contributed by atoms with E-state index in [0.29, 0.717) is 62.4 Å². The molecular formula is C31H31N5O4. The van der Waals surface area contributed by atoms with Crippen molar-refractivity contribution in [3.05, 3.63) is 101 Å². The zero-order valence-corrected chi connectivity index (χ0v) is 22.4. The average Bonchev–Trinajstić information content (AvgIpc) is 3.39. The molecule has 0 radical (unpaired) electrons. The summed E-state index contributed by atoms with van der Waals surface area (Å²) in [5.41, 5.74) is 4.64. The first-order chi connectivity index (χ1) is 19.5. The molecule has 3 aliphatic heterocycles. The van der Waals surface area contributed by atoms with Gasteiger partial charge in [-0.25, -0.2) is 0 Å².